The Morgan fingerprint density at radius 1 is 1.19 bits per heavy atom. The molecule has 0 aliphatic carbocycles. The Hall–Kier alpha value is -3.66. The molecule has 2 aromatic heterocycles. The molecule has 9 nitrogen and oxygen atoms in total. The minimum absolute atomic E-state index is 0.0411. The summed E-state index contributed by atoms with van der Waals surface area (Å²) in [4.78, 5) is 24.2. The molecule has 1 aliphatic rings. The van der Waals surface area contributed by atoms with E-state index in [0.29, 0.717) is 30.6 Å². The molecule has 0 radical (unpaired) electrons. The van der Waals surface area contributed by atoms with Gasteiger partial charge in [-0.05, 0) is 88.1 Å². The van der Waals surface area contributed by atoms with Gasteiger partial charge in [0.05, 0.1) is 17.9 Å². The van der Waals surface area contributed by atoms with Gasteiger partial charge in [-0.2, -0.15) is 8.42 Å². The number of nitrogens with two attached hydrogens (primary N) is 1. The molecular formula is C27H33N5O4S. The summed E-state index contributed by atoms with van der Waals surface area (Å²) in [5, 5.41) is -0.328. The summed E-state index contributed by atoms with van der Waals surface area (Å²) in [5.74, 6) is 0.797. The summed E-state index contributed by atoms with van der Waals surface area (Å²) < 4.78 is 33.7. The van der Waals surface area contributed by atoms with E-state index in [2.05, 4.69) is 35.4 Å². The Morgan fingerprint density at radius 3 is 2.59 bits per heavy atom. The zero-order chi connectivity index (χ0) is 27.0. The largest absolute Gasteiger partial charge is 0.494 e. The first-order chi connectivity index (χ1) is 17.4. The maximum atomic E-state index is 13.4. The van der Waals surface area contributed by atoms with Gasteiger partial charge in [-0.15, -0.1) is 0 Å². The second kappa shape index (κ2) is 10.0. The quantitative estimate of drug-likeness (QED) is 0.472. The molecule has 3 aromatic rings. The molecule has 0 unspecified atom stereocenters. The number of anilines is 2. The molecule has 1 fully saturated rings. The van der Waals surface area contributed by atoms with Gasteiger partial charge in [-0.1, -0.05) is 13.0 Å². The number of nitrogens with zero attached hydrogens (tertiary/aromatic N) is 3. The first-order valence-electron chi connectivity index (χ1n) is 12.2. The highest BCUT2D eigenvalue weighted by Crippen LogP contribution is 2.38. The van der Waals surface area contributed by atoms with Gasteiger partial charge in [0.25, 0.3) is 15.9 Å². The van der Waals surface area contributed by atoms with Crippen LogP contribution in [-0.4, -0.2) is 43.0 Å². The van der Waals surface area contributed by atoms with Crippen LogP contribution in [0.3, 0.4) is 0 Å². The van der Waals surface area contributed by atoms with Gasteiger partial charge in [0.15, 0.2) is 5.03 Å². The second-order valence-corrected chi connectivity index (χ2v) is 11.7. The Labute approximate surface area is 218 Å². The average molecular weight is 524 g/mol. The molecule has 3 heterocycles. The van der Waals surface area contributed by atoms with Crippen LogP contribution in [0.1, 0.15) is 50.0 Å². The molecule has 10 heteroatoms. The second-order valence-electron chi connectivity index (χ2n) is 10.1. The molecule has 4 rings (SSSR count). The number of ether oxygens (including phenoxy) is 1. The Bertz CT molecular complexity index is 1440. The highest BCUT2D eigenvalue weighted by molar-refractivity contribution is 7.90. The van der Waals surface area contributed by atoms with Crippen molar-refractivity contribution < 1.29 is 17.9 Å². The summed E-state index contributed by atoms with van der Waals surface area (Å²) in [5.41, 5.74) is 8.05. The van der Waals surface area contributed by atoms with Crippen molar-refractivity contribution in [2.75, 3.05) is 23.8 Å². The fourth-order valence-electron chi connectivity index (χ4n) is 4.91. The van der Waals surface area contributed by atoms with Crippen LogP contribution in [0.2, 0.25) is 0 Å². The molecule has 196 valence electrons. The lowest BCUT2D eigenvalue weighted by atomic mass is 9.97. The van der Waals surface area contributed by atoms with E-state index in [1.54, 1.807) is 12.1 Å². The molecular weight excluding hydrogens is 490 g/mol. The van der Waals surface area contributed by atoms with E-state index in [9.17, 15) is 13.2 Å². The summed E-state index contributed by atoms with van der Waals surface area (Å²) >= 11 is 0. The highest BCUT2D eigenvalue weighted by Gasteiger charge is 2.39. The number of carbonyl (C=O) groups excluding carboxylic acids is 1. The van der Waals surface area contributed by atoms with Crippen LogP contribution in [0, 0.1) is 12.8 Å². The Kier molecular flexibility index (Phi) is 7.14. The third kappa shape index (κ3) is 5.69. The van der Waals surface area contributed by atoms with Crippen LogP contribution < -0.4 is 20.1 Å². The van der Waals surface area contributed by atoms with Crippen molar-refractivity contribution in [1.29, 1.82) is 0 Å². The highest BCUT2D eigenvalue weighted by atomic mass is 32.2. The van der Waals surface area contributed by atoms with Crippen LogP contribution in [-0.2, 0) is 10.0 Å². The monoisotopic (exact) mass is 523 g/mol. The predicted octanol–water partition coefficient (Wildman–Crippen LogP) is 4.18. The maximum absolute atomic E-state index is 13.4. The van der Waals surface area contributed by atoms with E-state index < -0.39 is 15.9 Å². The Balaban J connectivity index is 1.79. The van der Waals surface area contributed by atoms with E-state index in [1.807, 2.05) is 32.0 Å². The number of aromatic nitrogens is 2. The minimum atomic E-state index is -4.24. The third-order valence-corrected chi connectivity index (χ3v) is 7.59. The molecule has 1 aromatic carbocycles. The number of nitrogen functional groups attached to an aromatic ring is 1. The van der Waals surface area contributed by atoms with Crippen LogP contribution in [0.5, 0.6) is 5.75 Å². The molecule has 3 N–H and O–H groups in total. The van der Waals surface area contributed by atoms with E-state index >= 15 is 0 Å². The maximum Gasteiger partial charge on any atom is 0.281 e. The number of sulfonamides is 1. The molecule has 0 bridgehead atoms. The third-order valence-electron chi connectivity index (χ3n) is 6.35. The number of rotatable bonds is 7. The average Bonchev–Trinajstić information content (AvgIpc) is 3.09. The number of amides is 1. The zero-order valence-corrected chi connectivity index (χ0v) is 22.6. The first-order valence-corrected chi connectivity index (χ1v) is 13.7. The molecule has 1 amide bonds. The number of hydrogen-bond donors (Lipinski definition) is 2. The van der Waals surface area contributed by atoms with Crippen molar-refractivity contribution in [2.45, 2.75) is 51.6 Å². The van der Waals surface area contributed by atoms with Crippen molar-refractivity contribution in [1.82, 2.24) is 14.7 Å². The smallest absolute Gasteiger partial charge is 0.281 e. The fourth-order valence-corrected chi connectivity index (χ4v) is 5.85. The van der Waals surface area contributed by atoms with Gasteiger partial charge in [-0.25, -0.2) is 14.7 Å². The normalized spacial score (nSPS) is 17.0. The van der Waals surface area contributed by atoms with Gasteiger partial charge in [-0.3, -0.25) is 4.79 Å². The summed E-state index contributed by atoms with van der Waals surface area (Å²) in [6.45, 7) is 11.5. The van der Waals surface area contributed by atoms with Crippen molar-refractivity contribution in [2.24, 2.45) is 5.92 Å². The molecule has 37 heavy (non-hydrogen) atoms. The topological polar surface area (TPSA) is 128 Å². The molecule has 1 aliphatic heterocycles. The number of carbonyl (C=O) groups is 1. The lowest BCUT2D eigenvalue weighted by Crippen LogP contribution is -2.41. The lowest BCUT2D eigenvalue weighted by Gasteiger charge is -2.34. The zero-order valence-electron chi connectivity index (χ0n) is 21.8. The van der Waals surface area contributed by atoms with Crippen LogP contribution in [0.25, 0.3) is 11.3 Å². The standard InChI is InChI=1S/C27H33N5O4S/c1-6-36-20-13-17(2)12-19(14-20)22-11-10-21(25(29-22)32-16-18(3)15-27(32,4)5)26(33)31-37(34,35)24-9-7-8-23(28)30-24/h7-14,18H,6,15-16H2,1-5H3,(H2,28,30)(H,31,33)/t18-/m0/s1. The number of benzene rings is 1. The van der Waals surface area contributed by atoms with E-state index in [1.165, 1.54) is 18.2 Å². The van der Waals surface area contributed by atoms with Crippen molar-refractivity contribution in [3.63, 3.8) is 0 Å². The molecule has 0 spiro atoms. The van der Waals surface area contributed by atoms with E-state index in [4.69, 9.17) is 15.5 Å². The van der Waals surface area contributed by atoms with Crippen molar-refractivity contribution >= 4 is 27.6 Å². The van der Waals surface area contributed by atoms with Gasteiger partial charge in [0, 0.05) is 17.6 Å². The minimum Gasteiger partial charge on any atom is -0.494 e. The van der Waals surface area contributed by atoms with Gasteiger partial charge >= 0.3 is 0 Å². The SMILES string of the molecule is CCOc1cc(C)cc(-c2ccc(C(=O)NS(=O)(=O)c3cccc(N)n3)c(N3C[C@@H](C)CC3(C)C)n2)c1. The molecule has 1 atom stereocenters. The van der Waals surface area contributed by atoms with Crippen LogP contribution in [0.4, 0.5) is 11.6 Å². The summed E-state index contributed by atoms with van der Waals surface area (Å²) in [6.07, 6.45) is 0.907. The molecule has 0 saturated carbocycles. The predicted molar refractivity (Wildman–Crippen MR) is 144 cm³/mol. The van der Waals surface area contributed by atoms with Crippen LogP contribution in [0.15, 0.2) is 53.6 Å². The van der Waals surface area contributed by atoms with Gasteiger partial charge < -0.3 is 15.4 Å². The van der Waals surface area contributed by atoms with Crippen LogP contribution >= 0.6 is 0 Å². The van der Waals surface area contributed by atoms with Crippen molar-refractivity contribution in [3.05, 3.63) is 59.7 Å². The summed E-state index contributed by atoms with van der Waals surface area (Å²) in [6, 6.07) is 13.4. The molecule has 1 saturated heterocycles. The van der Waals surface area contributed by atoms with Gasteiger partial charge in [0.2, 0.25) is 0 Å². The lowest BCUT2D eigenvalue weighted by molar-refractivity contribution is 0.0981. The van der Waals surface area contributed by atoms with Crippen molar-refractivity contribution in [3.8, 4) is 17.0 Å². The number of pyridine rings is 2. The summed E-state index contributed by atoms with van der Waals surface area (Å²) in [7, 11) is -4.24. The first kappa shape index (κ1) is 26.4. The van der Waals surface area contributed by atoms with Gasteiger partial charge in [0.1, 0.15) is 17.4 Å². The Morgan fingerprint density at radius 2 is 1.95 bits per heavy atom. The fraction of sp³-hybridized carbons (Fsp3) is 0.370. The van der Waals surface area contributed by atoms with E-state index in [0.717, 1.165) is 23.3 Å². The number of hydrogen-bond acceptors (Lipinski definition) is 8. The van der Waals surface area contributed by atoms with E-state index in [-0.39, 0.29) is 21.9 Å². The number of nitrogens with one attached hydrogen (secondary N) is 1. The number of aryl methyl sites for hydroxylation is 1.